The molecule has 1 aromatic carbocycles. The predicted octanol–water partition coefficient (Wildman–Crippen LogP) is 3.45. The summed E-state index contributed by atoms with van der Waals surface area (Å²) < 4.78 is 0. The van der Waals surface area contributed by atoms with Gasteiger partial charge in [-0.1, -0.05) is 25.5 Å². The fourth-order valence-electron chi connectivity index (χ4n) is 2.29. The third-order valence-electron chi connectivity index (χ3n) is 3.24. The highest BCUT2D eigenvalue weighted by atomic mass is 14.7. The predicted molar refractivity (Wildman–Crippen MR) is 69.6 cm³/mol. The Morgan fingerprint density at radius 1 is 1.31 bits per heavy atom. The van der Waals surface area contributed by atoms with Crippen LogP contribution in [0.5, 0.6) is 0 Å². The van der Waals surface area contributed by atoms with Crippen molar-refractivity contribution in [3.63, 3.8) is 0 Å². The molecule has 1 atom stereocenters. The Bertz CT molecular complexity index is 497. The van der Waals surface area contributed by atoms with E-state index in [1.54, 1.807) is 0 Å². The molecule has 0 saturated carbocycles. The Morgan fingerprint density at radius 2 is 2.06 bits per heavy atom. The molecule has 0 aliphatic carbocycles. The number of hydrogen-bond donors (Lipinski definition) is 2. The summed E-state index contributed by atoms with van der Waals surface area (Å²) in [5.74, 6) is 0. The summed E-state index contributed by atoms with van der Waals surface area (Å²) in [6.45, 7) is 6.43. The number of benzene rings is 1. The minimum Gasteiger partial charge on any atom is -0.358 e. The summed E-state index contributed by atoms with van der Waals surface area (Å²) in [6.07, 6.45) is 1.99. The second-order valence-electron chi connectivity index (χ2n) is 4.43. The number of aromatic nitrogens is 1. The normalized spacial score (nSPS) is 13.2. The number of rotatable bonds is 3. The standard InChI is InChI=1S/C14H20N2/c1-4-11(15)14-10-8-9(3)6-7-13(10)16-12(14)5-2/h6-8,11,16H,4-5,15H2,1-3H3. The summed E-state index contributed by atoms with van der Waals surface area (Å²) in [5.41, 5.74) is 11.3. The highest BCUT2D eigenvalue weighted by molar-refractivity contribution is 5.85. The van der Waals surface area contributed by atoms with Gasteiger partial charge in [0.05, 0.1) is 0 Å². The lowest BCUT2D eigenvalue weighted by Gasteiger charge is -2.10. The van der Waals surface area contributed by atoms with Crippen molar-refractivity contribution in [2.45, 2.75) is 39.7 Å². The first kappa shape index (κ1) is 11.2. The average molecular weight is 216 g/mol. The van der Waals surface area contributed by atoms with Gasteiger partial charge in [0.15, 0.2) is 0 Å². The lowest BCUT2D eigenvalue weighted by atomic mass is 9.99. The van der Waals surface area contributed by atoms with Crippen molar-refractivity contribution in [3.05, 3.63) is 35.0 Å². The van der Waals surface area contributed by atoms with Crippen molar-refractivity contribution in [3.8, 4) is 0 Å². The molecule has 2 rings (SSSR count). The molecule has 1 heterocycles. The van der Waals surface area contributed by atoms with E-state index in [9.17, 15) is 0 Å². The SMILES string of the molecule is CCc1[nH]c2ccc(C)cc2c1C(N)CC. The third kappa shape index (κ3) is 1.74. The molecule has 2 nitrogen and oxygen atoms in total. The van der Waals surface area contributed by atoms with E-state index in [4.69, 9.17) is 5.73 Å². The molecule has 1 unspecified atom stereocenters. The molecular formula is C14H20N2. The van der Waals surface area contributed by atoms with Crippen LogP contribution in [0.3, 0.4) is 0 Å². The van der Waals surface area contributed by atoms with Crippen LogP contribution in [-0.4, -0.2) is 4.98 Å². The van der Waals surface area contributed by atoms with Crippen molar-refractivity contribution < 1.29 is 0 Å². The number of fused-ring (bicyclic) bond motifs is 1. The molecule has 0 saturated heterocycles. The molecule has 2 aromatic rings. The van der Waals surface area contributed by atoms with Crippen LogP contribution in [0.4, 0.5) is 0 Å². The van der Waals surface area contributed by atoms with E-state index in [1.165, 1.54) is 27.7 Å². The van der Waals surface area contributed by atoms with Gasteiger partial charge in [0.1, 0.15) is 0 Å². The smallest absolute Gasteiger partial charge is 0.0459 e. The molecule has 16 heavy (non-hydrogen) atoms. The molecule has 1 aromatic heterocycles. The Labute approximate surface area is 96.9 Å². The van der Waals surface area contributed by atoms with Crippen LogP contribution in [0.25, 0.3) is 10.9 Å². The van der Waals surface area contributed by atoms with Crippen LogP contribution in [-0.2, 0) is 6.42 Å². The first-order chi connectivity index (χ1) is 7.67. The van der Waals surface area contributed by atoms with Crippen molar-refractivity contribution in [1.82, 2.24) is 4.98 Å². The van der Waals surface area contributed by atoms with E-state index in [1.807, 2.05) is 0 Å². The van der Waals surface area contributed by atoms with E-state index >= 15 is 0 Å². The maximum atomic E-state index is 6.21. The maximum absolute atomic E-state index is 6.21. The summed E-state index contributed by atoms with van der Waals surface area (Å²) in [5, 5.41) is 1.30. The van der Waals surface area contributed by atoms with E-state index in [2.05, 4.69) is 44.0 Å². The van der Waals surface area contributed by atoms with Gasteiger partial charge in [0.2, 0.25) is 0 Å². The largest absolute Gasteiger partial charge is 0.358 e. The van der Waals surface area contributed by atoms with Crippen molar-refractivity contribution in [1.29, 1.82) is 0 Å². The van der Waals surface area contributed by atoms with E-state index in [-0.39, 0.29) is 6.04 Å². The summed E-state index contributed by atoms with van der Waals surface area (Å²) in [4.78, 5) is 3.48. The molecule has 0 spiro atoms. The topological polar surface area (TPSA) is 41.8 Å². The third-order valence-corrected chi connectivity index (χ3v) is 3.24. The van der Waals surface area contributed by atoms with Crippen LogP contribution < -0.4 is 5.73 Å². The average Bonchev–Trinajstić information content (AvgIpc) is 2.65. The number of nitrogens with two attached hydrogens (primary N) is 1. The zero-order valence-electron chi connectivity index (χ0n) is 10.3. The Hall–Kier alpha value is -1.28. The number of aryl methyl sites for hydroxylation is 2. The van der Waals surface area contributed by atoms with Crippen LogP contribution >= 0.6 is 0 Å². The van der Waals surface area contributed by atoms with Gasteiger partial charge < -0.3 is 10.7 Å². The highest BCUT2D eigenvalue weighted by Crippen LogP contribution is 2.29. The zero-order chi connectivity index (χ0) is 11.7. The Balaban J connectivity index is 2.70. The molecule has 3 N–H and O–H groups in total. The van der Waals surface area contributed by atoms with Crippen LogP contribution in [0.1, 0.15) is 43.1 Å². The van der Waals surface area contributed by atoms with Crippen molar-refractivity contribution in [2.24, 2.45) is 5.73 Å². The molecule has 0 aliphatic heterocycles. The van der Waals surface area contributed by atoms with Gasteiger partial charge in [-0.2, -0.15) is 0 Å². The fourth-order valence-corrected chi connectivity index (χ4v) is 2.29. The lowest BCUT2D eigenvalue weighted by Crippen LogP contribution is -2.10. The number of nitrogens with one attached hydrogen (secondary N) is 1. The van der Waals surface area contributed by atoms with Crippen LogP contribution in [0, 0.1) is 6.92 Å². The van der Waals surface area contributed by atoms with Crippen molar-refractivity contribution >= 4 is 10.9 Å². The van der Waals surface area contributed by atoms with Crippen LogP contribution in [0.15, 0.2) is 18.2 Å². The number of H-pyrrole nitrogens is 1. The zero-order valence-corrected chi connectivity index (χ0v) is 10.3. The molecule has 0 amide bonds. The molecule has 0 fully saturated rings. The Kier molecular flexibility index (Phi) is 3.01. The second-order valence-corrected chi connectivity index (χ2v) is 4.43. The van der Waals surface area contributed by atoms with Crippen LogP contribution in [0.2, 0.25) is 0 Å². The first-order valence-electron chi connectivity index (χ1n) is 6.04. The molecule has 0 radical (unpaired) electrons. The van der Waals surface area contributed by atoms with Gasteiger partial charge in [0.25, 0.3) is 0 Å². The number of hydrogen-bond acceptors (Lipinski definition) is 1. The minimum absolute atomic E-state index is 0.144. The Morgan fingerprint density at radius 3 is 2.69 bits per heavy atom. The van der Waals surface area contributed by atoms with Crippen molar-refractivity contribution in [2.75, 3.05) is 0 Å². The summed E-state index contributed by atoms with van der Waals surface area (Å²) in [7, 11) is 0. The van der Waals surface area contributed by atoms with E-state index < -0.39 is 0 Å². The molecule has 0 aliphatic rings. The fraction of sp³-hybridized carbons (Fsp3) is 0.429. The quantitative estimate of drug-likeness (QED) is 0.810. The van der Waals surface area contributed by atoms with Gasteiger partial charge >= 0.3 is 0 Å². The molecular weight excluding hydrogens is 196 g/mol. The second kappa shape index (κ2) is 4.30. The summed E-state index contributed by atoms with van der Waals surface area (Å²) in [6, 6.07) is 6.66. The molecule has 0 bridgehead atoms. The van der Waals surface area contributed by atoms with Gasteiger partial charge in [-0.05, 0) is 37.5 Å². The summed E-state index contributed by atoms with van der Waals surface area (Å²) >= 11 is 0. The maximum Gasteiger partial charge on any atom is 0.0459 e. The number of aromatic amines is 1. The van der Waals surface area contributed by atoms with Gasteiger partial charge in [0, 0.05) is 22.6 Å². The molecule has 86 valence electrons. The van der Waals surface area contributed by atoms with Gasteiger partial charge in [-0.25, -0.2) is 0 Å². The lowest BCUT2D eigenvalue weighted by molar-refractivity contribution is 0.694. The first-order valence-corrected chi connectivity index (χ1v) is 6.04. The van der Waals surface area contributed by atoms with E-state index in [0.29, 0.717) is 0 Å². The highest BCUT2D eigenvalue weighted by Gasteiger charge is 2.15. The van der Waals surface area contributed by atoms with E-state index in [0.717, 1.165) is 12.8 Å². The monoisotopic (exact) mass is 216 g/mol. The molecule has 2 heteroatoms. The van der Waals surface area contributed by atoms with Gasteiger partial charge in [-0.15, -0.1) is 0 Å². The minimum atomic E-state index is 0.144. The van der Waals surface area contributed by atoms with Gasteiger partial charge in [-0.3, -0.25) is 0 Å².